The Balaban J connectivity index is 2.24. The average molecular weight is 356 g/mol. The van der Waals surface area contributed by atoms with Crippen LogP contribution in [0, 0.1) is 0 Å². The summed E-state index contributed by atoms with van der Waals surface area (Å²) in [6.45, 7) is 0. The van der Waals surface area contributed by atoms with E-state index >= 15 is 0 Å². The summed E-state index contributed by atoms with van der Waals surface area (Å²) in [5.74, 6) is 0.760. The van der Waals surface area contributed by atoms with E-state index in [-0.39, 0.29) is 4.90 Å². The maximum absolute atomic E-state index is 12.2. The normalized spacial score (nSPS) is 11.2. The van der Waals surface area contributed by atoms with Gasteiger partial charge in [-0.25, -0.2) is 13.4 Å². The van der Waals surface area contributed by atoms with E-state index in [0.29, 0.717) is 10.2 Å². The fourth-order valence-electron chi connectivity index (χ4n) is 1.56. The van der Waals surface area contributed by atoms with Crippen molar-refractivity contribution in [1.29, 1.82) is 0 Å². The van der Waals surface area contributed by atoms with Crippen LogP contribution in [-0.4, -0.2) is 27.5 Å². The van der Waals surface area contributed by atoms with Gasteiger partial charge in [0.05, 0.1) is 16.8 Å². The maximum atomic E-state index is 12.2. The van der Waals surface area contributed by atoms with E-state index in [2.05, 4.69) is 25.6 Å². The van der Waals surface area contributed by atoms with Crippen molar-refractivity contribution in [3.63, 3.8) is 0 Å². The molecule has 1 aromatic heterocycles. The van der Waals surface area contributed by atoms with Crippen LogP contribution < -0.4 is 9.62 Å². The van der Waals surface area contributed by atoms with Crippen LogP contribution in [0.15, 0.2) is 52.0 Å². The van der Waals surface area contributed by atoms with Gasteiger partial charge in [0.2, 0.25) is 0 Å². The molecule has 0 atom stereocenters. The van der Waals surface area contributed by atoms with Gasteiger partial charge < -0.3 is 4.90 Å². The van der Waals surface area contributed by atoms with Crippen LogP contribution >= 0.6 is 15.9 Å². The number of anilines is 2. The molecule has 0 radical (unpaired) electrons. The molecule has 0 amide bonds. The number of hydrogen-bond acceptors (Lipinski definition) is 4. The van der Waals surface area contributed by atoms with Crippen LogP contribution in [0.1, 0.15) is 0 Å². The molecule has 5 nitrogen and oxygen atoms in total. The minimum Gasteiger partial charge on any atom is -0.363 e. The van der Waals surface area contributed by atoms with Crippen molar-refractivity contribution < 1.29 is 8.42 Å². The number of nitrogens with zero attached hydrogens (tertiary/aromatic N) is 2. The number of pyridine rings is 1. The second-order valence-corrected chi connectivity index (χ2v) is 6.96. The van der Waals surface area contributed by atoms with E-state index in [9.17, 15) is 8.42 Å². The Morgan fingerprint density at radius 3 is 2.50 bits per heavy atom. The number of sulfonamides is 1. The van der Waals surface area contributed by atoms with Crippen molar-refractivity contribution in [1.82, 2.24) is 4.98 Å². The van der Waals surface area contributed by atoms with Crippen molar-refractivity contribution in [2.24, 2.45) is 0 Å². The molecule has 0 fully saturated rings. The second-order valence-electron chi connectivity index (χ2n) is 4.36. The standard InChI is InChI=1S/C13H14BrN3O2S/c1-17(2)13-7-6-11(9-15-13)16-20(18,19)12-5-3-4-10(14)8-12/h3-9,16H,1-2H3. The Kier molecular flexibility index (Phi) is 4.29. The van der Waals surface area contributed by atoms with E-state index < -0.39 is 10.0 Å². The minimum absolute atomic E-state index is 0.198. The molecule has 7 heteroatoms. The SMILES string of the molecule is CN(C)c1ccc(NS(=O)(=O)c2cccc(Br)c2)cn1. The molecule has 0 saturated carbocycles. The second kappa shape index (κ2) is 5.80. The fraction of sp³-hybridized carbons (Fsp3) is 0.154. The lowest BCUT2D eigenvalue weighted by Crippen LogP contribution is -2.14. The molecule has 0 spiro atoms. The molecule has 1 N–H and O–H groups in total. The molecule has 0 aliphatic rings. The van der Waals surface area contributed by atoms with E-state index in [1.165, 1.54) is 12.3 Å². The van der Waals surface area contributed by atoms with Crippen molar-refractivity contribution in [3.05, 3.63) is 47.1 Å². The van der Waals surface area contributed by atoms with Crippen LogP contribution in [0.4, 0.5) is 11.5 Å². The monoisotopic (exact) mass is 355 g/mol. The van der Waals surface area contributed by atoms with E-state index in [1.54, 1.807) is 30.3 Å². The number of hydrogen-bond donors (Lipinski definition) is 1. The first-order valence-corrected chi connectivity index (χ1v) is 8.08. The third-order valence-corrected chi connectivity index (χ3v) is 4.44. The molecule has 0 bridgehead atoms. The highest BCUT2D eigenvalue weighted by Gasteiger charge is 2.14. The van der Waals surface area contributed by atoms with Gasteiger partial charge in [0, 0.05) is 18.6 Å². The van der Waals surface area contributed by atoms with Crippen LogP contribution in [0.2, 0.25) is 0 Å². The molecule has 0 aliphatic heterocycles. The zero-order chi connectivity index (χ0) is 14.8. The lowest BCUT2D eigenvalue weighted by Gasteiger charge is -2.12. The summed E-state index contributed by atoms with van der Waals surface area (Å²) in [6, 6.07) is 9.95. The summed E-state index contributed by atoms with van der Waals surface area (Å²) < 4.78 is 27.6. The predicted octanol–water partition coefficient (Wildman–Crippen LogP) is 2.71. The first-order chi connectivity index (χ1) is 9.38. The molecule has 20 heavy (non-hydrogen) atoms. The van der Waals surface area contributed by atoms with E-state index in [1.807, 2.05) is 19.0 Å². The van der Waals surface area contributed by atoms with Gasteiger partial charge in [0.1, 0.15) is 5.82 Å². The Morgan fingerprint density at radius 2 is 1.95 bits per heavy atom. The first kappa shape index (κ1) is 14.8. The summed E-state index contributed by atoms with van der Waals surface area (Å²) in [5, 5.41) is 0. The summed E-state index contributed by atoms with van der Waals surface area (Å²) >= 11 is 3.26. The Morgan fingerprint density at radius 1 is 1.20 bits per heavy atom. The number of benzene rings is 1. The van der Waals surface area contributed by atoms with Gasteiger partial charge in [-0.3, -0.25) is 4.72 Å². The Hall–Kier alpha value is -1.60. The first-order valence-electron chi connectivity index (χ1n) is 5.80. The molecule has 1 aromatic carbocycles. The molecule has 0 unspecified atom stereocenters. The molecular formula is C13H14BrN3O2S. The molecule has 1 heterocycles. The van der Waals surface area contributed by atoms with Crippen LogP contribution in [0.25, 0.3) is 0 Å². The number of rotatable bonds is 4. The van der Waals surface area contributed by atoms with Gasteiger partial charge in [-0.1, -0.05) is 22.0 Å². The van der Waals surface area contributed by atoms with Gasteiger partial charge in [-0.05, 0) is 30.3 Å². The van der Waals surface area contributed by atoms with E-state index in [4.69, 9.17) is 0 Å². The van der Waals surface area contributed by atoms with Crippen molar-refractivity contribution in [3.8, 4) is 0 Å². The zero-order valence-electron chi connectivity index (χ0n) is 11.0. The molecule has 2 aromatic rings. The van der Waals surface area contributed by atoms with Gasteiger partial charge >= 0.3 is 0 Å². The molecular weight excluding hydrogens is 342 g/mol. The lowest BCUT2D eigenvalue weighted by molar-refractivity contribution is 0.601. The largest absolute Gasteiger partial charge is 0.363 e. The third kappa shape index (κ3) is 3.49. The van der Waals surface area contributed by atoms with Gasteiger partial charge in [-0.15, -0.1) is 0 Å². The predicted molar refractivity (Wildman–Crippen MR) is 83.5 cm³/mol. The zero-order valence-corrected chi connectivity index (χ0v) is 13.4. The lowest BCUT2D eigenvalue weighted by atomic mass is 10.4. The van der Waals surface area contributed by atoms with Crippen LogP contribution in [0.5, 0.6) is 0 Å². The number of halogens is 1. The number of nitrogens with one attached hydrogen (secondary N) is 1. The van der Waals surface area contributed by atoms with Gasteiger partial charge in [0.15, 0.2) is 0 Å². The van der Waals surface area contributed by atoms with Crippen molar-refractivity contribution in [2.45, 2.75) is 4.90 Å². The highest BCUT2D eigenvalue weighted by molar-refractivity contribution is 9.10. The minimum atomic E-state index is -3.60. The highest BCUT2D eigenvalue weighted by Crippen LogP contribution is 2.20. The van der Waals surface area contributed by atoms with Crippen molar-refractivity contribution in [2.75, 3.05) is 23.7 Å². The summed E-state index contributed by atoms with van der Waals surface area (Å²) in [7, 11) is 0.135. The maximum Gasteiger partial charge on any atom is 0.261 e. The Bertz CT molecular complexity index is 700. The molecule has 106 valence electrons. The average Bonchev–Trinajstić information content (AvgIpc) is 2.39. The quantitative estimate of drug-likeness (QED) is 0.915. The molecule has 0 saturated heterocycles. The van der Waals surface area contributed by atoms with Gasteiger partial charge in [-0.2, -0.15) is 0 Å². The molecule has 0 aliphatic carbocycles. The van der Waals surface area contributed by atoms with Crippen LogP contribution in [0.3, 0.4) is 0 Å². The summed E-state index contributed by atoms with van der Waals surface area (Å²) in [4.78, 5) is 6.20. The summed E-state index contributed by atoms with van der Waals surface area (Å²) in [6.07, 6.45) is 1.49. The summed E-state index contributed by atoms with van der Waals surface area (Å²) in [5.41, 5.74) is 0.426. The highest BCUT2D eigenvalue weighted by atomic mass is 79.9. The molecule has 2 rings (SSSR count). The topological polar surface area (TPSA) is 62.3 Å². The van der Waals surface area contributed by atoms with Crippen LogP contribution in [-0.2, 0) is 10.0 Å². The number of aromatic nitrogens is 1. The van der Waals surface area contributed by atoms with Crippen molar-refractivity contribution >= 4 is 37.5 Å². The van der Waals surface area contributed by atoms with Gasteiger partial charge in [0.25, 0.3) is 10.0 Å². The smallest absolute Gasteiger partial charge is 0.261 e. The third-order valence-electron chi connectivity index (χ3n) is 2.56. The fourth-order valence-corrected chi connectivity index (χ4v) is 3.20. The Labute approximate surface area is 126 Å². The van der Waals surface area contributed by atoms with E-state index in [0.717, 1.165) is 5.82 Å².